The van der Waals surface area contributed by atoms with Crippen LogP contribution in [0.3, 0.4) is 0 Å². The second kappa shape index (κ2) is 11.4. The summed E-state index contributed by atoms with van der Waals surface area (Å²) in [7, 11) is 1.86. The molecule has 1 aromatic heterocycles. The van der Waals surface area contributed by atoms with E-state index in [1.165, 1.54) is 63.7 Å². The Hall–Kier alpha value is -1.82. The van der Waals surface area contributed by atoms with Gasteiger partial charge < -0.3 is 20.4 Å². The molecule has 6 heteroatoms. The predicted molar refractivity (Wildman–Crippen MR) is 123 cm³/mol. The predicted octanol–water partition coefficient (Wildman–Crippen LogP) is 3.25. The van der Waals surface area contributed by atoms with Gasteiger partial charge in [-0.2, -0.15) is 0 Å². The number of anilines is 1. The average molecular weight is 401 g/mol. The largest absolute Gasteiger partial charge is 0.357 e. The zero-order chi connectivity index (χ0) is 20.5. The van der Waals surface area contributed by atoms with E-state index in [4.69, 9.17) is 0 Å². The smallest absolute Gasteiger partial charge is 0.191 e. The van der Waals surface area contributed by atoms with Crippen molar-refractivity contribution >= 4 is 11.8 Å². The average Bonchev–Trinajstić information content (AvgIpc) is 3.02. The van der Waals surface area contributed by atoms with E-state index < -0.39 is 0 Å². The third-order valence-corrected chi connectivity index (χ3v) is 5.98. The number of aliphatic imine (C=N–C) groups is 1. The Bertz CT molecular complexity index is 628. The lowest BCUT2D eigenvalue weighted by molar-refractivity contribution is 0.187. The van der Waals surface area contributed by atoms with E-state index in [1.807, 2.05) is 13.2 Å². The summed E-state index contributed by atoms with van der Waals surface area (Å²) >= 11 is 0. The molecule has 2 aliphatic heterocycles. The summed E-state index contributed by atoms with van der Waals surface area (Å²) in [5, 5.41) is 7.12. The van der Waals surface area contributed by atoms with Gasteiger partial charge in [0.25, 0.3) is 0 Å². The Balaban J connectivity index is 1.46. The zero-order valence-electron chi connectivity index (χ0n) is 18.7. The number of likely N-dealkylation sites (tertiary alicyclic amines) is 1. The first kappa shape index (κ1) is 21.9. The van der Waals surface area contributed by atoms with Crippen molar-refractivity contribution in [1.29, 1.82) is 0 Å². The SMILES string of the molecule is CN=C(NCc1ccnc(N2CCCCCC2)c1)NC1CCN(CC(C)C)CC1. The molecule has 3 rings (SSSR count). The number of rotatable bonds is 6. The Kier molecular flexibility index (Phi) is 8.59. The number of guanidine groups is 1. The van der Waals surface area contributed by atoms with Crippen molar-refractivity contribution in [2.24, 2.45) is 10.9 Å². The third kappa shape index (κ3) is 7.18. The molecule has 0 aliphatic carbocycles. The van der Waals surface area contributed by atoms with E-state index in [-0.39, 0.29) is 0 Å². The summed E-state index contributed by atoms with van der Waals surface area (Å²) in [6, 6.07) is 4.84. The lowest BCUT2D eigenvalue weighted by Gasteiger charge is -2.34. The van der Waals surface area contributed by atoms with Crippen LogP contribution in [0.4, 0.5) is 5.82 Å². The molecule has 0 amide bonds. The van der Waals surface area contributed by atoms with Gasteiger partial charge in [0.15, 0.2) is 5.96 Å². The molecule has 2 saturated heterocycles. The summed E-state index contributed by atoms with van der Waals surface area (Å²) in [6.07, 6.45) is 9.54. The van der Waals surface area contributed by atoms with E-state index >= 15 is 0 Å². The van der Waals surface area contributed by atoms with Crippen LogP contribution in [0.2, 0.25) is 0 Å². The number of piperidine rings is 1. The van der Waals surface area contributed by atoms with E-state index in [2.05, 4.69) is 56.4 Å². The van der Waals surface area contributed by atoms with Crippen LogP contribution in [0.25, 0.3) is 0 Å². The minimum Gasteiger partial charge on any atom is -0.357 e. The fourth-order valence-corrected chi connectivity index (χ4v) is 4.39. The van der Waals surface area contributed by atoms with Crippen LogP contribution in [0.5, 0.6) is 0 Å². The topological polar surface area (TPSA) is 55.8 Å². The molecule has 0 radical (unpaired) electrons. The van der Waals surface area contributed by atoms with Gasteiger partial charge in [0.1, 0.15) is 5.82 Å². The highest BCUT2D eigenvalue weighted by Crippen LogP contribution is 2.18. The van der Waals surface area contributed by atoms with Crippen molar-refractivity contribution in [3.8, 4) is 0 Å². The Morgan fingerprint density at radius 1 is 1.14 bits per heavy atom. The molecule has 29 heavy (non-hydrogen) atoms. The lowest BCUT2D eigenvalue weighted by atomic mass is 10.0. The molecule has 2 fully saturated rings. The summed E-state index contributed by atoms with van der Waals surface area (Å²) < 4.78 is 0. The maximum Gasteiger partial charge on any atom is 0.191 e. The van der Waals surface area contributed by atoms with Gasteiger partial charge in [0.2, 0.25) is 0 Å². The number of pyridine rings is 1. The molecule has 6 nitrogen and oxygen atoms in total. The van der Waals surface area contributed by atoms with Crippen molar-refractivity contribution in [2.75, 3.05) is 44.7 Å². The fraction of sp³-hybridized carbons (Fsp3) is 0.739. The standard InChI is InChI=1S/C23H40N6/c1-19(2)18-28-14-9-21(10-15-28)27-23(24-3)26-17-20-8-11-25-22(16-20)29-12-6-4-5-7-13-29/h8,11,16,19,21H,4-7,9-10,12-15,17-18H2,1-3H3,(H2,24,26,27). The third-order valence-electron chi connectivity index (χ3n) is 5.98. The summed E-state index contributed by atoms with van der Waals surface area (Å²) in [4.78, 5) is 14.1. The highest BCUT2D eigenvalue weighted by Gasteiger charge is 2.20. The molecule has 0 spiro atoms. The summed E-state index contributed by atoms with van der Waals surface area (Å²) in [5.74, 6) is 2.76. The molecule has 0 saturated carbocycles. The van der Waals surface area contributed by atoms with Crippen LogP contribution in [-0.4, -0.2) is 61.7 Å². The van der Waals surface area contributed by atoms with Crippen LogP contribution in [0, 0.1) is 5.92 Å². The molecule has 2 N–H and O–H groups in total. The number of nitrogens with one attached hydrogen (secondary N) is 2. The first-order valence-corrected chi connectivity index (χ1v) is 11.5. The van der Waals surface area contributed by atoms with E-state index in [1.54, 1.807) is 0 Å². The molecule has 1 aromatic rings. The molecular formula is C23H40N6. The number of hydrogen-bond donors (Lipinski definition) is 2. The molecule has 3 heterocycles. The number of aromatic nitrogens is 1. The van der Waals surface area contributed by atoms with Crippen LogP contribution in [0.15, 0.2) is 23.3 Å². The molecule has 0 atom stereocenters. The van der Waals surface area contributed by atoms with Crippen LogP contribution in [-0.2, 0) is 6.54 Å². The van der Waals surface area contributed by atoms with Crippen molar-refractivity contribution < 1.29 is 0 Å². The second-order valence-electron chi connectivity index (χ2n) is 8.96. The van der Waals surface area contributed by atoms with Gasteiger partial charge in [-0.3, -0.25) is 4.99 Å². The van der Waals surface area contributed by atoms with Gasteiger partial charge >= 0.3 is 0 Å². The zero-order valence-corrected chi connectivity index (χ0v) is 18.7. The molecule has 2 aliphatic rings. The van der Waals surface area contributed by atoms with Gasteiger partial charge in [-0.1, -0.05) is 26.7 Å². The van der Waals surface area contributed by atoms with Crippen LogP contribution >= 0.6 is 0 Å². The number of nitrogens with zero attached hydrogens (tertiary/aromatic N) is 4. The van der Waals surface area contributed by atoms with Crippen molar-refractivity contribution in [2.45, 2.75) is 65.0 Å². The molecule has 162 valence electrons. The number of hydrogen-bond acceptors (Lipinski definition) is 4. The minimum absolute atomic E-state index is 0.509. The van der Waals surface area contributed by atoms with Crippen LogP contribution < -0.4 is 15.5 Å². The first-order chi connectivity index (χ1) is 14.1. The van der Waals surface area contributed by atoms with Gasteiger partial charge in [-0.05, 0) is 49.3 Å². The van der Waals surface area contributed by atoms with Gasteiger partial charge in [-0.25, -0.2) is 4.98 Å². The summed E-state index contributed by atoms with van der Waals surface area (Å²) in [6.45, 7) is 11.2. The van der Waals surface area contributed by atoms with Gasteiger partial charge in [0.05, 0.1) is 0 Å². The lowest BCUT2D eigenvalue weighted by Crippen LogP contribution is -2.49. The van der Waals surface area contributed by atoms with E-state index in [9.17, 15) is 0 Å². The maximum absolute atomic E-state index is 4.62. The van der Waals surface area contributed by atoms with Crippen LogP contribution in [0.1, 0.15) is 57.9 Å². The molecule has 0 unspecified atom stereocenters. The van der Waals surface area contributed by atoms with E-state index in [0.29, 0.717) is 6.04 Å². The normalized spacial score (nSPS) is 20.0. The highest BCUT2D eigenvalue weighted by molar-refractivity contribution is 5.80. The Labute approximate surface area is 177 Å². The highest BCUT2D eigenvalue weighted by atomic mass is 15.2. The quantitative estimate of drug-likeness (QED) is 0.567. The molecule has 0 aromatic carbocycles. The second-order valence-corrected chi connectivity index (χ2v) is 8.96. The fourth-order valence-electron chi connectivity index (χ4n) is 4.39. The first-order valence-electron chi connectivity index (χ1n) is 11.5. The minimum atomic E-state index is 0.509. The summed E-state index contributed by atoms with van der Waals surface area (Å²) in [5.41, 5.74) is 1.26. The Morgan fingerprint density at radius 3 is 2.52 bits per heavy atom. The van der Waals surface area contributed by atoms with Gasteiger partial charge in [0, 0.05) is 58.6 Å². The van der Waals surface area contributed by atoms with E-state index in [0.717, 1.165) is 37.3 Å². The van der Waals surface area contributed by atoms with Crippen molar-refractivity contribution in [1.82, 2.24) is 20.5 Å². The van der Waals surface area contributed by atoms with Crippen molar-refractivity contribution in [3.05, 3.63) is 23.9 Å². The maximum atomic E-state index is 4.62. The van der Waals surface area contributed by atoms with Gasteiger partial charge in [-0.15, -0.1) is 0 Å². The van der Waals surface area contributed by atoms with Crippen molar-refractivity contribution in [3.63, 3.8) is 0 Å². The monoisotopic (exact) mass is 400 g/mol. The molecular weight excluding hydrogens is 360 g/mol. The molecule has 0 bridgehead atoms. The Morgan fingerprint density at radius 2 is 1.86 bits per heavy atom.